The standard InChI is InChI=1S/C5H3IN4/c6-10-4-2-1-3-7-5(4)8-9-10/h1-3H. The van der Waals surface area contributed by atoms with Gasteiger partial charge in [0.2, 0.25) is 5.65 Å². The number of pyridine rings is 1. The molecule has 4 nitrogen and oxygen atoms in total. The van der Waals surface area contributed by atoms with E-state index in [-0.39, 0.29) is 0 Å². The molecule has 0 aliphatic rings. The van der Waals surface area contributed by atoms with Crippen molar-refractivity contribution in [3.05, 3.63) is 18.3 Å². The second kappa shape index (κ2) is 2.15. The Kier molecular flexibility index (Phi) is 1.30. The van der Waals surface area contributed by atoms with E-state index in [1.54, 1.807) is 9.09 Å². The highest BCUT2D eigenvalue weighted by molar-refractivity contribution is 14.1. The minimum absolute atomic E-state index is 0.692. The maximum absolute atomic E-state index is 4.00. The van der Waals surface area contributed by atoms with Gasteiger partial charge in [0.1, 0.15) is 5.52 Å². The normalized spacial score (nSPS) is 10.5. The largest absolute Gasteiger partial charge is 0.234 e. The van der Waals surface area contributed by atoms with Gasteiger partial charge in [0.05, 0.1) is 22.9 Å². The lowest BCUT2D eigenvalue weighted by Gasteiger charge is -1.84. The Balaban J connectivity index is 2.93. The van der Waals surface area contributed by atoms with Crippen molar-refractivity contribution in [2.75, 3.05) is 0 Å². The number of aromatic nitrogens is 4. The Morgan fingerprint density at radius 2 is 2.40 bits per heavy atom. The molecular weight excluding hydrogens is 243 g/mol. The number of halogens is 1. The van der Waals surface area contributed by atoms with Gasteiger partial charge in [-0.05, 0) is 12.1 Å². The lowest BCUT2D eigenvalue weighted by molar-refractivity contribution is 0.934. The summed E-state index contributed by atoms with van der Waals surface area (Å²) in [5.41, 5.74) is 1.64. The molecule has 2 heterocycles. The predicted octanol–water partition coefficient (Wildman–Crippen LogP) is 1.02. The fraction of sp³-hybridized carbons (Fsp3) is 0. The van der Waals surface area contributed by atoms with E-state index >= 15 is 0 Å². The zero-order valence-corrected chi connectivity index (χ0v) is 7.06. The van der Waals surface area contributed by atoms with Crippen LogP contribution in [-0.2, 0) is 0 Å². The summed E-state index contributed by atoms with van der Waals surface area (Å²) in [5, 5.41) is 7.60. The van der Waals surface area contributed by atoms with Crippen molar-refractivity contribution >= 4 is 34.0 Å². The van der Waals surface area contributed by atoms with Crippen molar-refractivity contribution in [3.63, 3.8) is 0 Å². The van der Waals surface area contributed by atoms with Gasteiger partial charge < -0.3 is 0 Å². The summed E-state index contributed by atoms with van der Waals surface area (Å²) in [6.07, 6.45) is 1.70. The Bertz CT molecular complexity index is 355. The topological polar surface area (TPSA) is 43.6 Å². The molecule has 0 spiro atoms. The van der Waals surface area contributed by atoms with Crippen LogP contribution in [0.1, 0.15) is 0 Å². The Morgan fingerprint density at radius 1 is 1.50 bits per heavy atom. The zero-order valence-electron chi connectivity index (χ0n) is 4.90. The van der Waals surface area contributed by atoms with Gasteiger partial charge in [0, 0.05) is 6.20 Å². The van der Waals surface area contributed by atoms with Crippen LogP contribution in [0.25, 0.3) is 11.2 Å². The number of rotatable bonds is 0. The number of fused-ring (bicyclic) bond motifs is 1. The fourth-order valence-electron chi connectivity index (χ4n) is 0.739. The molecule has 0 aromatic carbocycles. The molecule has 0 unspecified atom stereocenters. The van der Waals surface area contributed by atoms with Crippen LogP contribution in [0.4, 0.5) is 0 Å². The van der Waals surface area contributed by atoms with E-state index in [1.165, 1.54) is 0 Å². The Morgan fingerprint density at radius 3 is 3.20 bits per heavy atom. The molecule has 2 aromatic heterocycles. The number of hydrogen-bond donors (Lipinski definition) is 0. The maximum Gasteiger partial charge on any atom is 0.202 e. The summed E-state index contributed by atoms with van der Waals surface area (Å²) in [6, 6.07) is 3.79. The van der Waals surface area contributed by atoms with Crippen molar-refractivity contribution in [2.45, 2.75) is 0 Å². The lowest BCUT2D eigenvalue weighted by Crippen LogP contribution is -1.79. The molecule has 0 radical (unpaired) electrons. The summed E-state index contributed by atoms with van der Waals surface area (Å²) >= 11 is 2.06. The molecule has 0 aliphatic carbocycles. The quantitative estimate of drug-likeness (QED) is 0.652. The van der Waals surface area contributed by atoms with Gasteiger partial charge in [-0.2, -0.15) is 2.90 Å². The van der Waals surface area contributed by atoms with Gasteiger partial charge in [-0.25, -0.2) is 4.98 Å². The van der Waals surface area contributed by atoms with Gasteiger partial charge in [-0.3, -0.25) is 0 Å². The average Bonchev–Trinajstić information content (AvgIpc) is 2.34. The van der Waals surface area contributed by atoms with Crippen LogP contribution in [0.3, 0.4) is 0 Å². The van der Waals surface area contributed by atoms with Crippen LogP contribution in [-0.4, -0.2) is 18.2 Å². The molecule has 0 saturated heterocycles. The fourth-order valence-corrected chi connectivity index (χ4v) is 1.21. The average molecular weight is 246 g/mol. The molecule has 5 heteroatoms. The first kappa shape index (κ1) is 6.02. The second-order valence-electron chi connectivity index (χ2n) is 1.80. The first-order valence-electron chi connectivity index (χ1n) is 2.70. The number of nitrogens with zero attached hydrogens (tertiary/aromatic N) is 4. The predicted molar refractivity (Wildman–Crippen MR) is 44.7 cm³/mol. The molecule has 0 fully saturated rings. The summed E-state index contributed by atoms with van der Waals surface area (Å²) in [7, 11) is 0. The third kappa shape index (κ3) is 0.772. The molecule has 0 aliphatic heterocycles. The zero-order chi connectivity index (χ0) is 6.97. The monoisotopic (exact) mass is 246 g/mol. The van der Waals surface area contributed by atoms with Crippen molar-refractivity contribution in [1.82, 2.24) is 18.2 Å². The first-order chi connectivity index (χ1) is 4.88. The van der Waals surface area contributed by atoms with E-state index in [9.17, 15) is 0 Å². The van der Waals surface area contributed by atoms with E-state index in [4.69, 9.17) is 0 Å². The minimum atomic E-state index is 0.692. The summed E-state index contributed by atoms with van der Waals surface area (Å²) in [5.74, 6) is 0. The molecule has 0 amide bonds. The molecule has 0 atom stereocenters. The smallest absolute Gasteiger partial charge is 0.202 e. The Hall–Kier alpha value is -0.720. The van der Waals surface area contributed by atoms with Gasteiger partial charge >= 0.3 is 0 Å². The minimum Gasteiger partial charge on any atom is -0.234 e. The highest BCUT2D eigenvalue weighted by atomic mass is 127. The van der Waals surface area contributed by atoms with E-state index in [0.29, 0.717) is 5.65 Å². The third-order valence-corrected chi connectivity index (χ3v) is 1.90. The van der Waals surface area contributed by atoms with Crippen LogP contribution in [0.5, 0.6) is 0 Å². The van der Waals surface area contributed by atoms with Crippen LogP contribution < -0.4 is 0 Å². The molecule has 0 bridgehead atoms. The second-order valence-corrected chi connectivity index (χ2v) is 2.71. The van der Waals surface area contributed by atoms with Gasteiger partial charge in [0.25, 0.3) is 0 Å². The summed E-state index contributed by atoms with van der Waals surface area (Å²) in [4.78, 5) is 4.00. The van der Waals surface area contributed by atoms with E-state index in [2.05, 4.69) is 38.2 Å². The van der Waals surface area contributed by atoms with Crippen molar-refractivity contribution in [3.8, 4) is 0 Å². The molecule has 2 aromatic rings. The van der Waals surface area contributed by atoms with Crippen LogP contribution in [0, 0.1) is 0 Å². The molecule has 0 N–H and O–H groups in total. The van der Waals surface area contributed by atoms with Crippen molar-refractivity contribution < 1.29 is 0 Å². The summed E-state index contributed by atoms with van der Waals surface area (Å²) in [6.45, 7) is 0. The van der Waals surface area contributed by atoms with E-state index in [1.807, 2.05) is 12.1 Å². The molecule has 10 heavy (non-hydrogen) atoms. The Labute approximate surface area is 70.7 Å². The van der Waals surface area contributed by atoms with Crippen molar-refractivity contribution in [1.29, 1.82) is 0 Å². The van der Waals surface area contributed by atoms with E-state index < -0.39 is 0 Å². The van der Waals surface area contributed by atoms with E-state index in [0.717, 1.165) is 5.52 Å². The molecule has 0 saturated carbocycles. The highest BCUT2D eigenvalue weighted by Gasteiger charge is 1.98. The van der Waals surface area contributed by atoms with Crippen LogP contribution >= 0.6 is 22.9 Å². The van der Waals surface area contributed by atoms with Crippen LogP contribution in [0.2, 0.25) is 0 Å². The first-order valence-corrected chi connectivity index (χ1v) is 3.67. The lowest BCUT2D eigenvalue weighted by atomic mass is 10.4. The molecule has 50 valence electrons. The maximum atomic E-state index is 4.00. The van der Waals surface area contributed by atoms with Gasteiger partial charge in [-0.1, -0.05) is 5.21 Å². The summed E-state index contributed by atoms with van der Waals surface area (Å²) < 4.78 is 1.67. The number of hydrogen-bond acceptors (Lipinski definition) is 3. The third-order valence-electron chi connectivity index (χ3n) is 1.18. The molecule has 2 rings (SSSR count). The highest BCUT2D eigenvalue weighted by Crippen LogP contribution is 2.08. The van der Waals surface area contributed by atoms with Gasteiger partial charge in [0.15, 0.2) is 0 Å². The van der Waals surface area contributed by atoms with Crippen LogP contribution in [0.15, 0.2) is 18.3 Å². The SMILES string of the molecule is In1nnc2ncccc21. The van der Waals surface area contributed by atoms with Gasteiger partial charge in [-0.15, -0.1) is 5.10 Å². The van der Waals surface area contributed by atoms with Crippen molar-refractivity contribution in [2.24, 2.45) is 0 Å². The molecular formula is C5H3IN4.